The molecule has 8 heteroatoms. The normalized spacial score (nSPS) is 12.2. The van der Waals surface area contributed by atoms with Crippen LogP contribution in [0, 0.1) is 0 Å². The van der Waals surface area contributed by atoms with Crippen LogP contribution in [0.1, 0.15) is 17.2 Å². The second kappa shape index (κ2) is 6.53. The van der Waals surface area contributed by atoms with Gasteiger partial charge in [0.05, 0.1) is 23.4 Å². The molecule has 0 bridgehead atoms. The number of benzene rings is 2. The highest BCUT2D eigenvalue weighted by molar-refractivity contribution is 6.30. The van der Waals surface area contributed by atoms with Gasteiger partial charge in [-0.25, -0.2) is 9.97 Å². The van der Waals surface area contributed by atoms with Crippen molar-refractivity contribution in [3.8, 4) is 0 Å². The van der Waals surface area contributed by atoms with Crippen molar-refractivity contribution in [3.05, 3.63) is 77.3 Å². The van der Waals surface area contributed by atoms with E-state index in [-0.39, 0.29) is 12.0 Å². The number of rotatable bonds is 4. The van der Waals surface area contributed by atoms with Crippen LogP contribution in [0.4, 0.5) is 10.7 Å². The number of H-pyrrole nitrogens is 1. The SMILES string of the molecule is O=C([O-])Nc1nc2ccc(C(c3cccc(Cl)c3)n3ccnc3)cc2[nH]1. The number of aromatic nitrogens is 4. The van der Waals surface area contributed by atoms with Gasteiger partial charge in [0.15, 0.2) is 0 Å². The molecule has 0 spiro atoms. The topological polar surface area (TPSA) is 98.7 Å². The van der Waals surface area contributed by atoms with Crippen LogP contribution in [0.5, 0.6) is 0 Å². The predicted octanol–water partition coefficient (Wildman–Crippen LogP) is 2.81. The van der Waals surface area contributed by atoms with Crippen LogP contribution >= 0.6 is 11.6 Å². The number of fused-ring (bicyclic) bond motifs is 1. The molecule has 0 saturated carbocycles. The zero-order chi connectivity index (χ0) is 18.1. The number of halogens is 1. The Bertz CT molecular complexity index is 1070. The first-order valence-corrected chi connectivity index (χ1v) is 8.18. The summed E-state index contributed by atoms with van der Waals surface area (Å²) >= 11 is 6.17. The smallest absolute Gasteiger partial charge is 0.206 e. The molecule has 4 rings (SSSR count). The number of carbonyl (C=O) groups excluding carboxylic acids is 1. The molecule has 7 nitrogen and oxygen atoms in total. The molecule has 130 valence electrons. The average Bonchev–Trinajstić information content (AvgIpc) is 3.23. The first-order chi connectivity index (χ1) is 12.6. The van der Waals surface area contributed by atoms with E-state index in [2.05, 4.69) is 20.3 Å². The third kappa shape index (κ3) is 3.12. The fourth-order valence-electron chi connectivity index (χ4n) is 2.99. The first kappa shape index (κ1) is 16.2. The molecule has 1 atom stereocenters. The van der Waals surface area contributed by atoms with Crippen LogP contribution < -0.4 is 10.4 Å². The lowest BCUT2D eigenvalue weighted by Gasteiger charge is -2.20. The van der Waals surface area contributed by atoms with Crippen molar-refractivity contribution < 1.29 is 9.90 Å². The number of nitrogens with zero attached hydrogens (tertiary/aromatic N) is 3. The lowest BCUT2D eigenvalue weighted by molar-refractivity contribution is -0.242. The molecule has 0 saturated heterocycles. The van der Waals surface area contributed by atoms with Crippen molar-refractivity contribution in [2.24, 2.45) is 0 Å². The monoisotopic (exact) mass is 366 g/mol. The molecule has 0 aliphatic carbocycles. The van der Waals surface area contributed by atoms with Crippen LogP contribution in [0.15, 0.2) is 61.2 Å². The fraction of sp³-hybridized carbons (Fsp3) is 0.0556. The van der Waals surface area contributed by atoms with E-state index >= 15 is 0 Å². The number of hydrogen-bond acceptors (Lipinski definition) is 4. The Kier molecular flexibility index (Phi) is 4.06. The summed E-state index contributed by atoms with van der Waals surface area (Å²) < 4.78 is 1.98. The Labute approximate surface area is 153 Å². The van der Waals surface area contributed by atoms with E-state index in [1.165, 1.54) is 0 Å². The highest BCUT2D eigenvalue weighted by atomic mass is 35.5. The van der Waals surface area contributed by atoms with Gasteiger partial charge in [-0.2, -0.15) is 0 Å². The molecule has 2 heterocycles. The van der Waals surface area contributed by atoms with Gasteiger partial charge in [0.2, 0.25) is 5.95 Å². The van der Waals surface area contributed by atoms with E-state index in [1.54, 1.807) is 12.5 Å². The Morgan fingerprint density at radius 1 is 1.23 bits per heavy atom. The van der Waals surface area contributed by atoms with Crippen LogP contribution in [0.3, 0.4) is 0 Å². The van der Waals surface area contributed by atoms with Gasteiger partial charge in [-0.3, -0.25) is 0 Å². The summed E-state index contributed by atoms with van der Waals surface area (Å²) in [6, 6.07) is 13.2. The number of carboxylic acid groups (broad SMARTS) is 1. The van der Waals surface area contributed by atoms with Crippen LogP contribution in [-0.4, -0.2) is 25.6 Å². The summed E-state index contributed by atoms with van der Waals surface area (Å²) in [6.07, 6.45) is 3.92. The molecule has 1 unspecified atom stereocenters. The van der Waals surface area contributed by atoms with Gasteiger partial charge in [0, 0.05) is 17.4 Å². The summed E-state index contributed by atoms with van der Waals surface area (Å²) in [6.45, 7) is 0. The minimum Gasteiger partial charge on any atom is -0.530 e. The van der Waals surface area contributed by atoms with E-state index in [0.29, 0.717) is 16.1 Å². The second-order valence-electron chi connectivity index (χ2n) is 5.74. The van der Waals surface area contributed by atoms with E-state index < -0.39 is 6.09 Å². The minimum atomic E-state index is -1.42. The first-order valence-electron chi connectivity index (χ1n) is 7.81. The van der Waals surface area contributed by atoms with Crippen molar-refractivity contribution in [3.63, 3.8) is 0 Å². The van der Waals surface area contributed by atoms with Crippen molar-refractivity contribution in [1.29, 1.82) is 0 Å². The van der Waals surface area contributed by atoms with E-state index in [1.807, 2.05) is 53.2 Å². The standard InChI is InChI=1S/C18H14ClN5O2/c19-13-3-1-2-11(8-13)16(24-7-6-20-10-24)12-4-5-14-15(9-12)22-17(21-14)23-18(25)26/h1-10,16H,(H,25,26)(H2,21,22,23)/p-1. The highest BCUT2D eigenvalue weighted by Crippen LogP contribution is 2.30. The molecule has 4 aromatic rings. The zero-order valence-corrected chi connectivity index (χ0v) is 14.1. The van der Waals surface area contributed by atoms with Gasteiger partial charge in [-0.1, -0.05) is 29.8 Å². The van der Waals surface area contributed by atoms with Gasteiger partial charge < -0.3 is 24.8 Å². The quantitative estimate of drug-likeness (QED) is 0.580. The summed E-state index contributed by atoms with van der Waals surface area (Å²) in [5.74, 6) is 0.124. The minimum absolute atomic E-state index is 0.124. The number of anilines is 1. The molecule has 26 heavy (non-hydrogen) atoms. The van der Waals surface area contributed by atoms with E-state index in [9.17, 15) is 9.90 Å². The van der Waals surface area contributed by atoms with Gasteiger partial charge in [-0.05, 0) is 35.4 Å². The largest absolute Gasteiger partial charge is 0.530 e. The third-order valence-corrected chi connectivity index (χ3v) is 4.26. The van der Waals surface area contributed by atoms with Gasteiger partial charge in [-0.15, -0.1) is 0 Å². The molecule has 1 amide bonds. The third-order valence-electron chi connectivity index (χ3n) is 4.03. The number of hydrogen-bond donors (Lipinski definition) is 2. The average molecular weight is 367 g/mol. The van der Waals surface area contributed by atoms with Crippen molar-refractivity contribution in [2.45, 2.75) is 6.04 Å². The van der Waals surface area contributed by atoms with Crippen molar-refractivity contribution in [1.82, 2.24) is 19.5 Å². The van der Waals surface area contributed by atoms with Crippen molar-refractivity contribution in [2.75, 3.05) is 5.32 Å². The molecule has 2 N–H and O–H groups in total. The van der Waals surface area contributed by atoms with Gasteiger partial charge in [0.1, 0.15) is 6.09 Å². The zero-order valence-electron chi connectivity index (χ0n) is 13.4. The molecular formula is C18H13ClN5O2-. The Hall–Kier alpha value is -3.32. The Morgan fingerprint density at radius 3 is 2.81 bits per heavy atom. The van der Waals surface area contributed by atoms with Gasteiger partial charge >= 0.3 is 0 Å². The Balaban J connectivity index is 1.81. The fourth-order valence-corrected chi connectivity index (χ4v) is 3.19. The lowest BCUT2D eigenvalue weighted by atomic mass is 9.98. The highest BCUT2D eigenvalue weighted by Gasteiger charge is 2.17. The maximum atomic E-state index is 10.7. The van der Waals surface area contributed by atoms with Crippen molar-refractivity contribution >= 4 is 34.7 Å². The number of amides is 1. The maximum Gasteiger partial charge on any atom is 0.206 e. The number of carbonyl (C=O) groups is 1. The number of imidazole rings is 2. The number of aromatic amines is 1. The summed E-state index contributed by atoms with van der Waals surface area (Å²) in [7, 11) is 0. The molecular weight excluding hydrogens is 354 g/mol. The summed E-state index contributed by atoms with van der Waals surface area (Å²) in [5.41, 5.74) is 3.33. The number of nitrogens with one attached hydrogen (secondary N) is 2. The molecule has 0 aliphatic rings. The molecule has 0 aliphatic heterocycles. The Morgan fingerprint density at radius 2 is 2.08 bits per heavy atom. The van der Waals surface area contributed by atoms with Crippen LogP contribution in [0.25, 0.3) is 11.0 Å². The summed E-state index contributed by atoms with van der Waals surface area (Å²) in [4.78, 5) is 21.9. The second-order valence-corrected chi connectivity index (χ2v) is 6.18. The van der Waals surface area contributed by atoms with E-state index in [0.717, 1.165) is 11.1 Å². The van der Waals surface area contributed by atoms with E-state index in [4.69, 9.17) is 11.6 Å². The predicted molar refractivity (Wildman–Crippen MR) is 96.0 cm³/mol. The maximum absolute atomic E-state index is 10.7. The van der Waals surface area contributed by atoms with Crippen LogP contribution in [-0.2, 0) is 0 Å². The summed E-state index contributed by atoms with van der Waals surface area (Å²) in [5, 5.41) is 13.5. The molecule has 0 fully saturated rings. The molecule has 2 aromatic heterocycles. The van der Waals surface area contributed by atoms with Crippen LogP contribution in [0.2, 0.25) is 5.02 Å². The lowest BCUT2D eigenvalue weighted by Crippen LogP contribution is -2.29. The van der Waals surface area contributed by atoms with Gasteiger partial charge in [0.25, 0.3) is 0 Å². The molecule has 2 aromatic carbocycles. The molecule has 0 radical (unpaired) electrons.